The number of hydrogen-bond acceptors (Lipinski definition) is 2. The van der Waals surface area contributed by atoms with Crippen molar-refractivity contribution in [2.75, 3.05) is 7.11 Å². The van der Waals surface area contributed by atoms with Crippen molar-refractivity contribution in [2.24, 2.45) is 22.2 Å². The lowest BCUT2D eigenvalue weighted by Gasteiger charge is -2.60. The molecule has 108 valence electrons. The highest BCUT2D eigenvalue weighted by Gasteiger charge is 2.60. The molecule has 0 heterocycles. The van der Waals surface area contributed by atoms with Crippen LogP contribution in [0.5, 0.6) is 0 Å². The largest absolute Gasteiger partial charge is 0.469 e. The predicted octanol–water partition coefficient (Wildman–Crippen LogP) is 4.35. The van der Waals surface area contributed by atoms with Crippen LogP contribution < -0.4 is 0 Å². The summed E-state index contributed by atoms with van der Waals surface area (Å²) in [4.78, 5) is 12.3. The first-order valence-electron chi connectivity index (χ1n) is 7.56. The lowest BCUT2D eigenvalue weighted by atomic mass is 9.43. The minimum Gasteiger partial charge on any atom is -0.469 e. The lowest BCUT2D eigenvalue weighted by Crippen LogP contribution is -2.56. The number of carbonyl (C=O) groups is 1. The minimum atomic E-state index is -0.313. The van der Waals surface area contributed by atoms with Gasteiger partial charge in [-0.3, -0.25) is 4.79 Å². The molecule has 0 N–H and O–H groups in total. The van der Waals surface area contributed by atoms with Crippen LogP contribution in [0.2, 0.25) is 0 Å². The number of allylic oxidation sites excluding steroid dienone is 1. The van der Waals surface area contributed by atoms with E-state index < -0.39 is 0 Å². The van der Waals surface area contributed by atoms with E-state index in [0.29, 0.717) is 5.92 Å². The minimum absolute atomic E-state index is 0.0169. The van der Waals surface area contributed by atoms with Gasteiger partial charge in [-0.2, -0.15) is 0 Å². The Hall–Kier alpha value is -0.790. The van der Waals surface area contributed by atoms with Crippen LogP contribution in [0.25, 0.3) is 0 Å². The summed E-state index contributed by atoms with van der Waals surface area (Å²) in [7, 11) is 1.52. The van der Waals surface area contributed by atoms with E-state index in [2.05, 4.69) is 33.4 Å². The SMILES string of the molecule is C=CC1(C)CCCC2[C@](C)(C(=O)OC)CCC[C@]21C. The number of ether oxygens (including phenoxy) is 1. The summed E-state index contributed by atoms with van der Waals surface area (Å²) in [6.07, 6.45) is 8.95. The van der Waals surface area contributed by atoms with Gasteiger partial charge in [0.15, 0.2) is 0 Å². The average Bonchev–Trinajstić information content (AvgIpc) is 2.40. The fraction of sp³-hybridized carbons (Fsp3) is 0.824. The van der Waals surface area contributed by atoms with Gasteiger partial charge in [0.1, 0.15) is 0 Å². The average molecular weight is 264 g/mol. The van der Waals surface area contributed by atoms with Gasteiger partial charge in [0.05, 0.1) is 12.5 Å². The molecule has 0 radical (unpaired) electrons. The summed E-state index contributed by atoms with van der Waals surface area (Å²) < 4.78 is 5.12. The summed E-state index contributed by atoms with van der Waals surface area (Å²) in [6.45, 7) is 10.9. The van der Waals surface area contributed by atoms with Gasteiger partial charge in [-0.1, -0.05) is 32.8 Å². The third-order valence-corrected chi connectivity index (χ3v) is 6.53. The van der Waals surface area contributed by atoms with Gasteiger partial charge in [-0.25, -0.2) is 0 Å². The molecule has 0 spiro atoms. The van der Waals surface area contributed by atoms with Gasteiger partial charge >= 0.3 is 5.97 Å². The van der Waals surface area contributed by atoms with E-state index in [-0.39, 0.29) is 22.2 Å². The normalized spacial score (nSPS) is 46.2. The molecule has 2 fully saturated rings. The molecule has 4 atom stereocenters. The molecule has 2 saturated carbocycles. The Kier molecular flexibility index (Phi) is 3.57. The Labute approximate surface area is 117 Å². The maximum absolute atomic E-state index is 12.3. The predicted molar refractivity (Wildman–Crippen MR) is 77.7 cm³/mol. The molecule has 2 unspecified atom stereocenters. The van der Waals surface area contributed by atoms with Gasteiger partial charge < -0.3 is 4.74 Å². The van der Waals surface area contributed by atoms with Crippen molar-refractivity contribution >= 4 is 5.97 Å². The summed E-state index contributed by atoms with van der Waals surface area (Å²) >= 11 is 0. The maximum Gasteiger partial charge on any atom is 0.311 e. The van der Waals surface area contributed by atoms with Gasteiger partial charge in [-0.05, 0) is 49.4 Å². The topological polar surface area (TPSA) is 26.3 Å². The number of esters is 1. The third kappa shape index (κ3) is 1.86. The third-order valence-electron chi connectivity index (χ3n) is 6.53. The first-order valence-corrected chi connectivity index (χ1v) is 7.56. The second-order valence-electron chi connectivity index (χ2n) is 7.25. The van der Waals surface area contributed by atoms with Crippen LogP contribution in [0.1, 0.15) is 59.3 Å². The number of fused-ring (bicyclic) bond motifs is 1. The Morgan fingerprint density at radius 2 is 1.89 bits per heavy atom. The van der Waals surface area contributed by atoms with Crippen molar-refractivity contribution in [2.45, 2.75) is 59.3 Å². The number of methoxy groups -OCH3 is 1. The molecule has 0 aromatic carbocycles. The molecule has 2 aliphatic rings. The summed E-state index contributed by atoms with van der Waals surface area (Å²) in [5, 5.41) is 0. The highest BCUT2D eigenvalue weighted by molar-refractivity contribution is 5.77. The zero-order chi connectivity index (χ0) is 14.3. The second-order valence-corrected chi connectivity index (χ2v) is 7.25. The molecular weight excluding hydrogens is 236 g/mol. The van der Waals surface area contributed by atoms with E-state index in [4.69, 9.17) is 4.74 Å². The van der Waals surface area contributed by atoms with Crippen LogP contribution in [-0.2, 0) is 9.53 Å². The monoisotopic (exact) mass is 264 g/mol. The van der Waals surface area contributed by atoms with Gasteiger partial charge in [0.2, 0.25) is 0 Å². The number of rotatable bonds is 2. The van der Waals surface area contributed by atoms with Gasteiger partial charge in [-0.15, -0.1) is 6.58 Å². The first-order chi connectivity index (χ1) is 8.84. The highest BCUT2D eigenvalue weighted by Crippen LogP contribution is 2.65. The van der Waals surface area contributed by atoms with E-state index in [1.54, 1.807) is 0 Å². The number of carbonyl (C=O) groups excluding carboxylic acids is 1. The molecule has 0 aromatic heterocycles. The van der Waals surface area contributed by atoms with Gasteiger partial charge in [0, 0.05) is 0 Å². The molecule has 2 rings (SSSR count). The Morgan fingerprint density at radius 1 is 1.21 bits per heavy atom. The van der Waals surface area contributed by atoms with Crippen LogP contribution in [0, 0.1) is 22.2 Å². The molecule has 0 aromatic rings. The smallest absolute Gasteiger partial charge is 0.311 e. The Balaban J connectivity index is 2.45. The van der Waals surface area contributed by atoms with Crippen LogP contribution >= 0.6 is 0 Å². The lowest BCUT2D eigenvalue weighted by molar-refractivity contribution is -0.174. The first kappa shape index (κ1) is 14.6. The Bertz CT molecular complexity index is 389. The standard InChI is InChI=1S/C17H28O2/c1-6-15(2)10-7-9-13-16(3,14(18)19-5)11-8-12-17(13,15)4/h6,13H,1,7-12H2,2-5H3/t13?,15?,16-,17-/m1/s1. The van der Waals surface area contributed by atoms with E-state index in [0.717, 1.165) is 19.3 Å². The molecule has 19 heavy (non-hydrogen) atoms. The molecule has 0 bridgehead atoms. The van der Waals surface area contributed by atoms with Crippen LogP contribution in [0.4, 0.5) is 0 Å². The van der Waals surface area contributed by atoms with E-state index in [1.165, 1.54) is 26.4 Å². The summed E-state index contributed by atoms with van der Waals surface area (Å²) in [5.74, 6) is 0.398. The fourth-order valence-corrected chi connectivity index (χ4v) is 4.97. The van der Waals surface area contributed by atoms with E-state index in [9.17, 15) is 4.79 Å². The molecule has 2 heteroatoms. The zero-order valence-electron chi connectivity index (χ0n) is 12.9. The molecule has 0 amide bonds. The molecule has 0 aliphatic heterocycles. The van der Waals surface area contributed by atoms with E-state index in [1.807, 2.05) is 0 Å². The fourth-order valence-electron chi connectivity index (χ4n) is 4.97. The quantitative estimate of drug-likeness (QED) is 0.547. The van der Waals surface area contributed by atoms with E-state index >= 15 is 0 Å². The maximum atomic E-state index is 12.3. The van der Waals surface area contributed by atoms with Crippen molar-refractivity contribution in [3.05, 3.63) is 12.7 Å². The molecule has 0 saturated heterocycles. The summed E-state index contributed by atoms with van der Waals surface area (Å²) in [6, 6.07) is 0. The van der Waals surface area contributed by atoms with Crippen molar-refractivity contribution < 1.29 is 9.53 Å². The van der Waals surface area contributed by atoms with Crippen LogP contribution in [-0.4, -0.2) is 13.1 Å². The van der Waals surface area contributed by atoms with Gasteiger partial charge in [0.25, 0.3) is 0 Å². The van der Waals surface area contributed by atoms with Crippen LogP contribution in [0.3, 0.4) is 0 Å². The van der Waals surface area contributed by atoms with Crippen molar-refractivity contribution in [3.63, 3.8) is 0 Å². The van der Waals surface area contributed by atoms with Crippen molar-refractivity contribution in [1.82, 2.24) is 0 Å². The summed E-state index contributed by atoms with van der Waals surface area (Å²) in [5.41, 5.74) is 0.00620. The van der Waals surface area contributed by atoms with Crippen molar-refractivity contribution in [3.8, 4) is 0 Å². The zero-order valence-corrected chi connectivity index (χ0v) is 12.9. The van der Waals surface area contributed by atoms with Crippen molar-refractivity contribution in [1.29, 1.82) is 0 Å². The second kappa shape index (κ2) is 4.64. The van der Waals surface area contributed by atoms with Crippen LogP contribution in [0.15, 0.2) is 12.7 Å². The Morgan fingerprint density at radius 3 is 2.47 bits per heavy atom. The molecular formula is C17H28O2. The molecule has 2 nitrogen and oxygen atoms in total. The number of hydrogen-bond donors (Lipinski definition) is 0. The molecule has 2 aliphatic carbocycles. The highest BCUT2D eigenvalue weighted by atomic mass is 16.5.